The average Bonchev–Trinajstić information content (AvgIpc) is 2.45. The van der Waals surface area contributed by atoms with Gasteiger partial charge in [-0.3, -0.25) is 9.69 Å². The summed E-state index contributed by atoms with van der Waals surface area (Å²) in [6, 6.07) is 9.81. The largest absolute Gasteiger partial charge is 0.469 e. The summed E-state index contributed by atoms with van der Waals surface area (Å²) in [5.74, 6) is -0.401. The summed E-state index contributed by atoms with van der Waals surface area (Å²) in [6.07, 6.45) is 0.225. The summed E-state index contributed by atoms with van der Waals surface area (Å²) in [7, 11) is 1.44. The molecule has 0 aromatic heterocycles. The molecule has 0 amide bonds. The molecule has 1 fully saturated rings. The van der Waals surface area contributed by atoms with Crippen molar-refractivity contribution < 1.29 is 14.3 Å². The summed E-state index contributed by atoms with van der Waals surface area (Å²) < 4.78 is 10.5. The van der Waals surface area contributed by atoms with Gasteiger partial charge in [-0.05, 0) is 12.5 Å². The molecule has 1 saturated heterocycles. The predicted molar refractivity (Wildman–Crippen MR) is 73.1 cm³/mol. The van der Waals surface area contributed by atoms with Gasteiger partial charge in [-0.1, -0.05) is 30.3 Å². The molecule has 1 aromatic rings. The van der Waals surface area contributed by atoms with Crippen LogP contribution in [0.1, 0.15) is 18.4 Å². The minimum Gasteiger partial charge on any atom is -0.469 e. The first-order chi connectivity index (χ1) is 9.20. The number of morpholine rings is 1. The SMILES string of the molecule is COC(=O)C(CN1CCOC(C)C1)c1ccccc1. The molecule has 0 saturated carbocycles. The molecule has 0 aliphatic carbocycles. The summed E-state index contributed by atoms with van der Waals surface area (Å²) in [5, 5.41) is 0. The Balaban J connectivity index is 2.08. The van der Waals surface area contributed by atoms with E-state index in [2.05, 4.69) is 11.8 Å². The normalized spacial score (nSPS) is 21.9. The predicted octanol–water partition coefficient (Wildman–Crippen LogP) is 1.66. The van der Waals surface area contributed by atoms with Crippen LogP contribution in [0.15, 0.2) is 30.3 Å². The minimum absolute atomic E-state index is 0.176. The van der Waals surface area contributed by atoms with Crippen molar-refractivity contribution in [3.63, 3.8) is 0 Å². The van der Waals surface area contributed by atoms with Crippen LogP contribution in [0, 0.1) is 0 Å². The molecule has 19 heavy (non-hydrogen) atoms. The van der Waals surface area contributed by atoms with E-state index in [1.165, 1.54) is 7.11 Å². The lowest BCUT2D eigenvalue weighted by molar-refractivity contribution is -0.143. The number of hydrogen-bond donors (Lipinski definition) is 0. The first kappa shape index (κ1) is 14.0. The van der Waals surface area contributed by atoms with E-state index in [0.717, 1.165) is 25.3 Å². The van der Waals surface area contributed by atoms with Gasteiger partial charge < -0.3 is 9.47 Å². The number of nitrogens with zero attached hydrogens (tertiary/aromatic N) is 1. The fourth-order valence-corrected chi connectivity index (χ4v) is 2.46. The number of benzene rings is 1. The number of esters is 1. The molecule has 1 heterocycles. The van der Waals surface area contributed by atoms with E-state index in [-0.39, 0.29) is 18.0 Å². The van der Waals surface area contributed by atoms with E-state index in [1.807, 2.05) is 30.3 Å². The molecule has 0 bridgehead atoms. The molecule has 2 atom stereocenters. The Morgan fingerprint density at radius 3 is 2.84 bits per heavy atom. The van der Waals surface area contributed by atoms with E-state index in [9.17, 15) is 4.79 Å². The van der Waals surface area contributed by atoms with Crippen molar-refractivity contribution in [2.24, 2.45) is 0 Å². The zero-order valence-corrected chi connectivity index (χ0v) is 11.5. The van der Waals surface area contributed by atoms with Crippen LogP contribution in [0.4, 0.5) is 0 Å². The molecular formula is C15H21NO3. The van der Waals surface area contributed by atoms with Crippen molar-refractivity contribution in [1.82, 2.24) is 4.90 Å². The molecule has 0 N–H and O–H groups in total. The van der Waals surface area contributed by atoms with Gasteiger partial charge in [-0.2, -0.15) is 0 Å². The number of methoxy groups -OCH3 is 1. The molecule has 2 rings (SSSR count). The van der Waals surface area contributed by atoms with Crippen LogP contribution in [0.5, 0.6) is 0 Å². The number of hydrogen-bond acceptors (Lipinski definition) is 4. The van der Waals surface area contributed by atoms with Gasteiger partial charge in [0.2, 0.25) is 0 Å². The van der Waals surface area contributed by atoms with Gasteiger partial charge >= 0.3 is 5.97 Å². The Morgan fingerprint density at radius 1 is 1.47 bits per heavy atom. The van der Waals surface area contributed by atoms with Gasteiger partial charge in [0.1, 0.15) is 0 Å². The van der Waals surface area contributed by atoms with Crippen molar-refractivity contribution in [2.45, 2.75) is 18.9 Å². The van der Waals surface area contributed by atoms with Crippen molar-refractivity contribution in [1.29, 1.82) is 0 Å². The van der Waals surface area contributed by atoms with Crippen LogP contribution in [0.2, 0.25) is 0 Å². The number of carbonyl (C=O) groups is 1. The van der Waals surface area contributed by atoms with Gasteiger partial charge in [0, 0.05) is 19.6 Å². The maximum atomic E-state index is 12.0. The van der Waals surface area contributed by atoms with Crippen molar-refractivity contribution >= 4 is 5.97 Å². The Bertz CT molecular complexity index is 407. The molecule has 1 aliphatic heterocycles. The second-order valence-electron chi connectivity index (χ2n) is 4.93. The minimum atomic E-state index is -0.225. The lowest BCUT2D eigenvalue weighted by Crippen LogP contribution is -2.44. The molecule has 1 aromatic carbocycles. The van der Waals surface area contributed by atoms with Crippen LogP contribution in [-0.4, -0.2) is 50.3 Å². The molecule has 0 radical (unpaired) electrons. The number of carbonyl (C=O) groups excluding carboxylic acids is 1. The first-order valence-corrected chi connectivity index (χ1v) is 6.67. The van der Waals surface area contributed by atoms with E-state index >= 15 is 0 Å². The highest BCUT2D eigenvalue weighted by molar-refractivity contribution is 5.78. The van der Waals surface area contributed by atoms with Crippen LogP contribution in [0.25, 0.3) is 0 Å². The zero-order chi connectivity index (χ0) is 13.7. The van der Waals surface area contributed by atoms with Crippen molar-refractivity contribution in [2.75, 3.05) is 33.4 Å². The monoisotopic (exact) mass is 263 g/mol. The Kier molecular flexibility index (Phi) is 4.93. The molecule has 4 heteroatoms. The Morgan fingerprint density at radius 2 is 2.21 bits per heavy atom. The van der Waals surface area contributed by atoms with Crippen LogP contribution in [0.3, 0.4) is 0 Å². The fourth-order valence-electron chi connectivity index (χ4n) is 2.46. The van der Waals surface area contributed by atoms with E-state index < -0.39 is 0 Å². The highest BCUT2D eigenvalue weighted by atomic mass is 16.5. The summed E-state index contributed by atoms with van der Waals surface area (Å²) in [6.45, 7) is 5.20. The maximum absolute atomic E-state index is 12.0. The van der Waals surface area contributed by atoms with Gasteiger partial charge in [0.15, 0.2) is 0 Å². The second-order valence-corrected chi connectivity index (χ2v) is 4.93. The molecule has 1 aliphatic rings. The zero-order valence-electron chi connectivity index (χ0n) is 11.5. The van der Waals surface area contributed by atoms with Crippen LogP contribution >= 0.6 is 0 Å². The highest BCUT2D eigenvalue weighted by Gasteiger charge is 2.26. The third kappa shape index (κ3) is 3.78. The smallest absolute Gasteiger partial charge is 0.314 e. The topological polar surface area (TPSA) is 38.8 Å². The lowest BCUT2D eigenvalue weighted by Gasteiger charge is -2.33. The van der Waals surface area contributed by atoms with Crippen molar-refractivity contribution in [3.8, 4) is 0 Å². The summed E-state index contributed by atoms with van der Waals surface area (Å²) in [5.41, 5.74) is 1.01. The van der Waals surface area contributed by atoms with Crippen LogP contribution in [-0.2, 0) is 14.3 Å². The van der Waals surface area contributed by atoms with E-state index in [4.69, 9.17) is 9.47 Å². The molecule has 2 unspecified atom stereocenters. The molecule has 0 spiro atoms. The molecule has 4 nitrogen and oxygen atoms in total. The second kappa shape index (κ2) is 6.68. The van der Waals surface area contributed by atoms with Crippen molar-refractivity contribution in [3.05, 3.63) is 35.9 Å². The third-order valence-electron chi connectivity index (χ3n) is 3.45. The van der Waals surface area contributed by atoms with Crippen LogP contribution < -0.4 is 0 Å². The molecular weight excluding hydrogens is 242 g/mol. The Labute approximate surface area is 114 Å². The Hall–Kier alpha value is -1.39. The fraction of sp³-hybridized carbons (Fsp3) is 0.533. The lowest BCUT2D eigenvalue weighted by atomic mass is 9.98. The van der Waals surface area contributed by atoms with Gasteiger partial charge in [-0.15, -0.1) is 0 Å². The standard InChI is InChI=1S/C15H21NO3/c1-12-10-16(8-9-19-12)11-14(15(17)18-2)13-6-4-3-5-7-13/h3-7,12,14H,8-11H2,1-2H3. The van der Waals surface area contributed by atoms with E-state index in [1.54, 1.807) is 0 Å². The highest BCUT2D eigenvalue weighted by Crippen LogP contribution is 2.20. The summed E-state index contributed by atoms with van der Waals surface area (Å²) in [4.78, 5) is 14.3. The first-order valence-electron chi connectivity index (χ1n) is 6.67. The number of ether oxygens (including phenoxy) is 2. The van der Waals surface area contributed by atoms with Gasteiger partial charge in [-0.25, -0.2) is 0 Å². The van der Waals surface area contributed by atoms with Gasteiger partial charge in [0.05, 0.1) is 25.7 Å². The number of rotatable bonds is 4. The average molecular weight is 263 g/mol. The van der Waals surface area contributed by atoms with E-state index in [0.29, 0.717) is 6.54 Å². The molecule has 104 valence electrons. The quantitative estimate of drug-likeness (QED) is 0.775. The maximum Gasteiger partial charge on any atom is 0.314 e. The summed E-state index contributed by atoms with van der Waals surface area (Å²) >= 11 is 0. The van der Waals surface area contributed by atoms with Gasteiger partial charge in [0.25, 0.3) is 0 Å². The third-order valence-corrected chi connectivity index (χ3v) is 3.45.